The number of benzene rings is 1. The summed E-state index contributed by atoms with van der Waals surface area (Å²) in [4.78, 5) is 37.3. The van der Waals surface area contributed by atoms with Crippen LogP contribution in [0, 0.1) is 0 Å². The lowest BCUT2D eigenvalue weighted by atomic mass is 10.3. The average Bonchev–Trinajstić information content (AvgIpc) is 3.24. The Morgan fingerprint density at radius 1 is 1.12 bits per heavy atom. The number of urea groups is 1. The Morgan fingerprint density at radius 3 is 2.71 bits per heavy atom. The normalized spacial score (nSPS) is 14.6. The van der Waals surface area contributed by atoms with Crippen molar-refractivity contribution in [3.8, 4) is 11.5 Å². The third-order valence-corrected chi connectivity index (χ3v) is 6.47. The van der Waals surface area contributed by atoms with Crippen LogP contribution in [0.25, 0.3) is 10.2 Å². The molecular weight excluding hydrogens is 454 g/mol. The number of carbonyl (C=O) groups excluding carboxylic acids is 2. The fourth-order valence-corrected chi connectivity index (χ4v) is 4.49. The maximum atomic E-state index is 12.3. The van der Waals surface area contributed by atoms with Crippen molar-refractivity contribution in [2.45, 2.75) is 6.42 Å². The molecule has 3 aromatic rings. The summed E-state index contributed by atoms with van der Waals surface area (Å²) in [6, 6.07) is 8.49. The van der Waals surface area contributed by atoms with Gasteiger partial charge in [0.05, 0.1) is 10.2 Å². The van der Waals surface area contributed by atoms with Crippen LogP contribution in [-0.2, 0) is 0 Å². The monoisotopic (exact) mass is 483 g/mol. The molecule has 1 saturated heterocycles. The highest BCUT2D eigenvalue weighted by molar-refractivity contribution is 7.22. The molecule has 4 rings (SSSR count). The first-order valence-corrected chi connectivity index (χ1v) is 12.0. The van der Waals surface area contributed by atoms with Crippen molar-refractivity contribution in [1.29, 1.82) is 0 Å². The minimum Gasteiger partial charge on any atom is -0.457 e. The number of thiazole rings is 1. The van der Waals surface area contributed by atoms with Crippen LogP contribution in [0.2, 0.25) is 0 Å². The Balaban J connectivity index is 1.28. The third kappa shape index (κ3) is 6.40. The quantitative estimate of drug-likeness (QED) is 0.422. The predicted octanol–water partition coefficient (Wildman–Crippen LogP) is 2.60. The molecule has 0 bridgehead atoms. The zero-order valence-electron chi connectivity index (χ0n) is 19.3. The number of piperazine rings is 1. The highest BCUT2D eigenvalue weighted by Crippen LogP contribution is 2.31. The number of hydrogen-bond donors (Lipinski definition) is 3. The van der Waals surface area contributed by atoms with Crippen molar-refractivity contribution in [2.75, 3.05) is 58.7 Å². The first-order chi connectivity index (χ1) is 16.5. The summed E-state index contributed by atoms with van der Waals surface area (Å²) in [5.74, 6) is 0.827. The molecule has 180 valence electrons. The molecule has 0 unspecified atom stereocenters. The van der Waals surface area contributed by atoms with Gasteiger partial charge < -0.3 is 25.2 Å². The van der Waals surface area contributed by atoms with Crippen molar-refractivity contribution in [3.63, 3.8) is 0 Å². The molecule has 0 spiro atoms. The molecule has 1 aliphatic heterocycles. The topological polar surface area (TPSA) is 112 Å². The first-order valence-electron chi connectivity index (χ1n) is 11.2. The van der Waals surface area contributed by atoms with Gasteiger partial charge in [-0.3, -0.25) is 15.1 Å². The number of carbonyl (C=O) groups is 2. The number of amides is 3. The number of nitrogens with one attached hydrogen (secondary N) is 3. The van der Waals surface area contributed by atoms with E-state index in [9.17, 15) is 9.59 Å². The lowest BCUT2D eigenvalue weighted by Crippen LogP contribution is -2.45. The maximum absolute atomic E-state index is 12.3. The number of likely N-dealkylation sites (N-methyl/N-ethyl adjacent to an activating group) is 1. The van der Waals surface area contributed by atoms with Gasteiger partial charge in [-0.1, -0.05) is 11.3 Å². The Labute approximate surface area is 202 Å². The molecule has 0 radical (unpaired) electrons. The van der Waals surface area contributed by atoms with E-state index in [0.717, 1.165) is 49.4 Å². The number of pyridine rings is 1. The van der Waals surface area contributed by atoms with Gasteiger partial charge in [0.2, 0.25) is 0 Å². The summed E-state index contributed by atoms with van der Waals surface area (Å²) in [6.07, 6.45) is 2.44. The fourth-order valence-electron chi connectivity index (χ4n) is 3.60. The van der Waals surface area contributed by atoms with Gasteiger partial charge in [0, 0.05) is 58.1 Å². The molecule has 0 atom stereocenters. The summed E-state index contributed by atoms with van der Waals surface area (Å²) in [7, 11) is 3.69. The summed E-state index contributed by atoms with van der Waals surface area (Å²) in [6.45, 7) is 5.95. The number of fused-ring (bicyclic) bond motifs is 1. The van der Waals surface area contributed by atoms with E-state index in [1.54, 1.807) is 25.2 Å². The van der Waals surface area contributed by atoms with Gasteiger partial charge in [-0.15, -0.1) is 0 Å². The largest absolute Gasteiger partial charge is 0.457 e. The average molecular weight is 484 g/mol. The molecule has 3 heterocycles. The second-order valence-corrected chi connectivity index (χ2v) is 9.12. The van der Waals surface area contributed by atoms with Gasteiger partial charge in [-0.25, -0.2) is 9.78 Å². The Kier molecular flexibility index (Phi) is 7.88. The van der Waals surface area contributed by atoms with Crippen molar-refractivity contribution in [3.05, 3.63) is 42.2 Å². The van der Waals surface area contributed by atoms with Crippen LogP contribution in [-0.4, -0.2) is 85.1 Å². The number of nitrogens with zero attached hydrogens (tertiary/aromatic N) is 4. The van der Waals surface area contributed by atoms with Crippen molar-refractivity contribution < 1.29 is 14.3 Å². The molecule has 0 aliphatic carbocycles. The Morgan fingerprint density at radius 2 is 1.91 bits per heavy atom. The van der Waals surface area contributed by atoms with Crippen molar-refractivity contribution >= 4 is 38.6 Å². The smallest absolute Gasteiger partial charge is 0.321 e. The minimum atomic E-state index is -0.281. The molecule has 1 aliphatic rings. The minimum absolute atomic E-state index is 0.257. The van der Waals surface area contributed by atoms with Crippen LogP contribution in [0.5, 0.6) is 11.5 Å². The molecule has 2 aromatic heterocycles. The van der Waals surface area contributed by atoms with E-state index in [0.29, 0.717) is 23.2 Å². The van der Waals surface area contributed by atoms with E-state index < -0.39 is 0 Å². The second kappa shape index (κ2) is 11.2. The van der Waals surface area contributed by atoms with Crippen LogP contribution < -0.4 is 20.7 Å². The number of anilines is 1. The van der Waals surface area contributed by atoms with Gasteiger partial charge >= 0.3 is 6.03 Å². The Hall–Kier alpha value is -3.28. The van der Waals surface area contributed by atoms with Crippen LogP contribution in [0.1, 0.15) is 16.9 Å². The molecule has 34 heavy (non-hydrogen) atoms. The molecule has 1 fully saturated rings. The van der Waals surface area contributed by atoms with Gasteiger partial charge in [0.25, 0.3) is 5.91 Å². The van der Waals surface area contributed by atoms with Crippen LogP contribution in [0.4, 0.5) is 9.93 Å². The third-order valence-electron chi connectivity index (χ3n) is 5.54. The fraction of sp³-hybridized carbons (Fsp3) is 0.391. The summed E-state index contributed by atoms with van der Waals surface area (Å²) in [5, 5.41) is 8.78. The maximum Gasteiger partial charge on any atom is 0.321 e. The molecular formula is C23H29N7O3S. The number of rotatable bonds is 8. The van der Waals surface area contributed by atoms with E-state index in [4.69, 9.17) is 4.74 Å². The lowest BCUT2D eigenvalue weighted by Gasteiger charge is -2.32. The Bertz CT molecular complexity index is 1140. The standard InChI is InChI=1S/C23H29N7O3S/c1-24-21(31)19-14-17(6-8-25-19)33-16-4-5-18-20(15-16)34-23(27-18)28-22(32)26-7-3-9-30-12-10-29(2)11-13-30/h4-6,8,14-15H,3,7,9-13H2,1-2H3,(H,24,31)(H2,26,27,28,32). The van der Waals surface area contributed by atoms with E-state index in [-0.39, 0.29) is 17.6 Å². The van der Waals surface area contributed by atoms with Crippen LogP contribution in [0.3, 0.4) is 0 Å². The zero-order valence-corrected chi connectivity index (χ0v) is 20.2. The molecule has 3 amide bonds. The molecule has 3 N–H and O–H groups in total. The number of hydrogen-bond acceptors (Lipinski definition) is 8. The van der Waals surface area contributed by atoms with Crippen molar-refractivity contribution in [2.24, 2.45) is 0 Å². The molecule has 1 aromatic carbocycles. The molecule has 0 saturated carbocycles. The molecule has 10 nitrogen and oxygen atoms in total. The zero-order chi connectivity index (χ0) is 23.9. The summed E-state index contributed by atoms with van der Waals surface area (Å²) >= 11 is 1.37. The highest BCUT2D eigenvalue weighted by atomic mass is 32.1. The van der Waals surface area contributed by atoms with E-state index in [1.165, 1.54) is 17.5 Å². The predicted molar refractivity (Wildman–Crippen MR) is 133 cm³/mol. The summed E-state index contributed by atoms with van der Waals surface area (Å²) < 4.78 is 6.76. The SMILES string of the molecule is CNC(=O)c1cc(Oc2ccc3nc(NC(=O)NCCCN4CCN(C)CC4)sc3c2)ccn1. The van der Waals surface area contributed by atoms with E-state index in [2.05, 4.69) is 42.8 Å². The second-order valence-electron chi connectivity index (χ2n) is 8.09. The van der Waals surface area contributed by atoms with Gasteiger partial charge in [-0.05, 0) is 38.2 Å². The summed E-state index contributed by atoms with van der Waals surface area (Å²) in [5.41, 5.74) is 1.04. The number of ether oxygens (including phenoxy) is 1. The lowest BCUT2D eigenvalue weighted by molar-refractivity contribution is 0.0958. The van der Waals surface area contributed by atoms with Gasteiger partial charge in [0.15, 0.2) is 5.13 Å². The van der Waals surface area contributed by atoms with Crippen LogP contribution >= 0.6 is 11.3 Å². The van der Waals surface area contributed by atoms with Gasteiger partial charge in [-0.2, -0.15) is 0 Å². The van der Waals surface area contributed by atoms with Crippen LogP contribution in [0.15, 0.2) is 36.5 Å². The van der Waals surface area contributed by atoms with E-state index in [1.807, 2.05) is 12.1 Å². The molecule has 11 heteroatoms. The van der Waals surface area contributed by atoms with Gasteiger partial charge in [0.1, 0.15) is 17.2 Å². The van der Waals surface area contributed by atoms with E-state index >= 15 is 0 Å². The van der Waals surface area contributed by atoms with Crippen molar-refractivity contribution in [1.82, 2.24) is 30.4 Å². The number of aromatic nitrogens is 2. The first kappa shape index (κ1) is 23.9. The highest BCUT2D eigenvalue weighted by Gasteiger charge is 2.14.